The second-order valence-corrected chi connectivity index (χ2v) is 5.11. The summed E-state index contributed by atoms with van der Waals surface area (Å²) in [5.74, 6) is -0.449. The molecule has 0 atom stereocenters. The summed E-state index contributed by atoms with van der Waals surface area (Å²) in [4.78, 5) is 37.1. The molecular formula is C13H10ClN3O4. The number of halogens is 1. The fourth-order valence-corrected chi connectivity index (χ4v) is 2.70. The number of nitrogens with zero attached hydrogens (tertiary/aromatic N) is 3. The Morgan fingerprint density at radius 2 is 2.05 bits per heavy atom. The molecule has 1 aromatic carbocycles. The van der Waals surface area contributed by atoms with E-state index < -0.39 is 16.9 Å². The van der Waals surface area contributed by atoms with Crippen LogP contribution in [0.2, 0.25) is 5.02 Å². The van der Waals surface area contributed by atoms with Gasteiger partial charge in [0.25, 0.3) is 11.6 Å². The van der Waals surface area contributed by atoms with Gasteiger partial charge in [-0.25, -0.2) is 9.69 Å². The van der Waals surface area contributed by atoms with Gasteiger partial charge in [-0.2, -0.15) is 0 Å². The lowest BCUT2D eigenvalue weighted by Gasteiger charge is -2.19. The highest BCUT2D eigenvalue weighted by molar-refractivity contribution is 6.37. The van der Waals surface area contributed by atoms with Crippen molar-refractivity contribution < 1.29 is 14.5 Å². The van der Waals surface area contributed by atoms with Crippen molar-refractivity contribution in [3.05, 3.63) is 45.1 Å². The number of carbonyl (C=O) groups is 2. The molecule has 2 aliphatic heterocycles. The maximum absolute atomic E-state index is 12.3. The van der Waals surface area contributed by atoms with Gasteiger partial charge >= 0.3 is 6.03 Å². The molecule has 0 bridgehead atoms. The number of nitro groups is 1. The molecule has 21 heavy (non-hydrogen) atoms. The molecule has 3 rings (SSSR count). The van der Waals surface area contributed by atoms with Gasteiger partial charge in [0, 0.05) is 18.7 Å². The minimum absolute atomic E-state index is 0.00801. The molecule has 108 valence electrons. The molecule has 3 amide bonds. The summed E-state index contributed by atoms with van der Waals surface area (Å²) in [5, 5.41) is 10.7. The van der Waals surface area contributed by atoms with E-state index in [1.807, 2.05) is 0 Å². The van der Waals surface area contributed by atoms with E-state index in [4.69, 9.17) is 11.6 Å². The lowest BCUT2D eigenvalue weighted by atomic mass is 10.2. The molecule has 1 aromatic rings. The molecule has 0 aliphatic carbocycles. The van der Waals surface area contributed by atoms with Gasteiger partial charge in [-0.15, -0.1) is 0 Å². The fourth-order valence-electron chi connectivity index (χ4n) is 2.45. The molecule has 2 heterocycles. The van der Waals surface area contributed by atoms with Crippen LogP contribution in [-0.2, 0) is 4.79 Å². The summed E-state index contributed by atoms with van der Waals surface area (Å²) in [6.45, 7) is 0.484. The number of allylic oxidation sites excluding steroid dienone is 1. The van der Waals surface area contributed by atoms with E-state index in [0.717, 1.165) is 23.8 Å². The van der Waals surface area contributed by atoms with E-state index in [2.05, 4.69) is 0 Å². The third kappa shape index (κ3) is 2.06. The Hall–Kier alpha value is -2.41. The first-order chi connectivity index (χ1) is 10.0. The van der Waals surface area contributed by atoms with E-state index >= 15 is 0 Å². The second kappa shape index (κ2) is 4.85. The van der Waals surface area contributed by atoms with Crippen molar-refractivity contribution in [3.8, 4) is 0 Å². The molecule has 0 saturated carbocycles. The summed E-state index contributed by atoms with van der Waals surface area (Å²) >= 11 is 5.99. The zero-order valence-electron chi connectivity index (χ0n) is 10.8. The summed E-state index contributed by atoms with van der Waals surface area (Å²) < 4.78 is 0. The Morgan fingerprint density at radius 3 is 2.67 bits per heavy atom. The SMILES string of the molecule is O=C1C2=CCCCN2C(=O)N1c1ccc([N+](=O)[O-])cc1Cl. The predicted octanol–water partition coefficient (Wildman–Crippen LogP) is 2.69. The van der Waals surface area contributed by atoms with Crippen LogP contribution in [0, 0.1) is 10.1 Å². The number of anilines is 1. The highest BCUT2D eigenvalue weighted by Crippen LogP contribution is 2.36. The first-order valence-electron chi connectivity index (χ1n) is 6.31. The van der Waals surface area contributed by atoms with Gasteiger partial charge in [0.1, 0.15) is 5.70 Å². The average molecular weight is 308 g/mol. The quantitative estimate of drug-likeness (QED) is 0.478. The van der Waals surface area contributed by atoms with Crippen molar-refractivity contribution in [2.45, 2.75) is 12.8 Å². The molecule has 7 nitrogen and oxygen atoms in total. The van der Waals surface area contributed by atoms with Crippen LogP contribution in [-0.4, -0.2) is 28.3 Å². The Bertz CT molecular complexity index is 701. The van der Waals surface area contributed by atoms with Gasteiger partial charge in [0.05, 0.1) is 15.6 Å². The molecular weight excluding hydrogens is 298 g/mol. The number of nitro benzene ring substituents is 1. The topological polar surface area (TPSA) is 83.8 Å². The van der Waals surface area contributed by atoms with Crippen LogP contribution >= 0.6 is 11.6 Å². The van der Waals surface area contributed by atoms with Crippen LogP contribution < -0.4 is 4.90 Å². The van der Waals surface area contributed by atoms with Gasteiger partial charge in [-0.1, -0.05) is 17.7 Å². The van der Waals surface area contributed by atoms with Crippen LogP contribution in [0.5, 0.6) is 0 Å². The number of fused-ring (bicyclic) bond motifs is 1. The van der Waals surface area contributed by atoms with Crippen molar-refractivity contribution in [2.75, 3.05) is 11.4 Å². The van der Waals surface area contributed by atoms with E-state index in [9.17, 15) is 19.7 Å². The number of rotatable bonds is 2. The van der Waals surface area contributed by atoms with Crippen LogP contribution in [0.1, 0.15) is 12.8 Å². The standard InChI is InChI=1S/C13H10ClN3O4/c14-9-7-8(17(20)21)4-5-10(9)16-12(18)11-3-1-2-6-15(11)13(16)19/h3-5,7H,1-2,6H2. The van der Waals surface area contributed by atoms with Crippen molar-refractivity contribution in [3.63, 3.8) is 0 Å². The zero-order valence-corrected chi connectivity index (χ0v) is 11.5. The summed E-state index contributed by atoms with van der Waals surface area (Å²) in [7, 11) is 0. The largest absolute Gasteiger partial charge is 0.336 e. The monoisotopic (exact) mass is 307 g/mol. The number of imide groups is 1. The highest BCUT2D eigenvalue weighted by Gasteiger charge is 2.43. The van der Waals surface area contributed by atoms with E-state index in [-0.39, 0.29) is 16.4 Å². The molecule has 2 aliphatic rings. The van der Waals surface area contributed by atoms with Crippen molar-refractivity contribution >= 4 is 34.9 Å². The average Bonchev–Trinajstić information content (AvgIpc) is 2.72. The molecule has 0 spiro atoms. The smallest absolute Gasteiger partial charge is 0.289 e. The van der Waals surface area contributed by atoms with Crippen LogP contribution in [0.15, 0.2) is 30.0 Å². The number of carbonyl (C=O) groups excluding carboxylic acids is 2. The second-order valence-electron chi connectivity index (χ2n) is 4.70. The third-order valence-corrected chi connectivity index (χ3v) is 3.74. The van der Waals surface area contributed by atoms with Crippen molar-refractivity contribution in [1.82, 2.24) is 4.90 Å². The minimum atomic E-state index is -0.588. The minimum Gasteiger partial charge on any atom is -0.289 e. The molecule has 0 aromatic heterocycles. The number of hydrogen-bond donors (Lipinski definition) is 0. The third-order valence-electron chi connectivity index (χ3n) is 3.44. The molecule has 0 unspecified atom stereocenters. The fraction of sp³-hybridized carbons (Fsp3) is 0.231. The number of hydrogen-bond acceptors (Lipinski definition) is 4. The van der Waals surface area contributed by atoms with Crippen LogP contribution in [0.4, 0.5) is 16.2 Å². The maximum atomic E-state index is 12.3. The lowest BCUT2D eigenvalue weighted by molar-refractivity contribution is -0.384. The van der Waals surface area contributed by atoms with Crippen molar-refractivity contribution in [2.24, 2.45) is 0 Å². The van der Waals surface area contributed by atoms with Gasteiger partial charge in [0.2, 0.25) is 0 Å². The van der Waals surface area contributed by atoms with Gasteiger partial charge < -0.3 is 0 Å². The van der Waals surface area contributed by atoms with Gasteiger partial charge in [-0.05, 0) is 18.9 Å². The number of benzene rings is 1. The first-order valence-corrected chi connectivity index (χ1v) is 6.68. The van der Waals surface area contributed by atoms with Crippen LogP contribution in [0.25, 0.3) is 0 Å². The summed E-state index contributed by atoms with van der Waals surface area (Å²) in [5.41, 5.74) is 0.313. The molecule has 1 saturated heterocycles. The Kier molecular flexibility index (Phi) is 3.13. The molecule has 0 radical (unpaired) electrons. The number of non-ortho nitro benzene ring substituents is 1. The van der Waals surface area contributed by atoms with E-state index in [1.54, 1.807) is 6.08 Å². The Balaban J connectivity index is 2.03. The Labute approximate surface area is 124 Å². The summed E-state index contributed by atoms with van der Waals surface area (Å²) in [6.07, 6.45) is 3.26. The lowest BCUT2D eigenvalue weighted by Crippen LogP contribution is -2.33. The van der Waals surface area contributed by atoms with Gasteiger partial charge in [-0.3, -0.25) is 19.8 Å². The number of urea groups is 1. The van der Waals surface area contributed by atoms with Gasteiger partial charge in [0.15, 0.2) is 0 Å². The molecule has 0 N–H and O–H groups in total. The predicted molar refractivity (Wildman–Crippen MR) is 75.0 cm³/mol. The Morgan fingerprint density at radius 1 is 1.29 bits per heavy atom. The van der Waals surface area contributed by atoms with E-state index in [1.165, 1.54) is 17.0 Å². The van der Waals surface area contributed by atoms with Crippen LogP contribution in [0.3, 0.4) is 0 Å². The molecule has 8 heteroatoms. The highest BCUT2D eigenvalue weighted by atomic mass is 35.5. The maximum Gasteiger partial charge on any atom is 0.336 e. The first kappa shape index (κ1) is 13.6. The molecule has 1 fully saturated rings. The normalized spacial score (nSPS) is 17.9. The summed E-state index contributed by atoms with van der Waals surface area (Å²) in [6, 6.07) is 3.19. The zero-order chi connectivity index (χ0) is 15.1. The van der Waals surface area contributed by atoms with E-state index in [0.29, 0.717) is 12.2 Å². The van der Waals surface area contributed by atoms with Crippen molar-refractivity contribution in [1.29, 1.82) is 0 Å². The number of amides is 3.